The van der Waals surface area contributed by atoms with Crippen LogP contribution in [0.15, 0.2) is 53.1 Å². The summed E-state index contributed by atoms with van der Waals surface area (Å²) in [5, 5.41) is 4.44. The number of aromatic nitrogens is 4. The number of rotatable bonds is 7. The van der Waals surface area contributed by atoms with E-state index in [9.17, 15) is 4.79 Å². The maximum atomic E-state index is 11.5. The van der Waals surface area contributed by atoms with Crippen LogP contribution in [0, 0.1) is 0 Å². The number of nitrogens with zero attached hydrogens (tertiary/aromatic N) is 7. The molecule has 11 nitrogen and oxygen atoms in total. The summed E-state index contributed by atoms with van der Waals surface area (Å²) in [5.74, 6) is 1.08. The number of benzene rings is 1. The van der Waals surface area contributed by atoms with Gasteiger partial charge in [0.1, 0.15) is 5.69 Å². The number of nitrogens with two attached hydrogens (primary N) is 2. The molecule has 1 fully saturated rings. The van der Waals surface area contributed by atoms with E-state index in [-0.39, 0.29) is 5.95 Å². The van der Waals surface area contributed by atoms with Gasteiger partial charge in [0.2, 0.25) is 17.8 Å². The Morgan fingerprint density at radius 3 is 2.68 bits per heavy atom. The minimum absolute atomic E-state index is 0.275. The first-order valence-electron chi connectivity index (χ1n) is 11.1. The molecule has 3 aromatic heterocycles. The fourth-order valence-electron chi connectivity index (χ4n) is 4.09. The lowest BCUT2D eigenvalue weighted by Gasteiger charge is -2.36. The summed E-state index contributed by atoms with van der Waals surface area (Å²) in [4.78, 5) is 27.2. The average Bonchev–Trinajstić information content (AvgIpc) is 3.53. The smallest absolute Gasteiger partial charge is 0.248 e. The predicted octanol–water partition coefficient (Wildman–Crippen LogP) is 1.32. The van der Waals surface area contributed by atoms with Gasteiger partial charge in [-0.3, -0.25) is 9.69 Å². The summed E-state index contributed by atoms with van der Waals surface area (Å²) < 4.78 is 6.94. The fraction of sp³-hybridized carbons (Fsp3) is 0.304. The van der Waals surface area contributed by atoms with E-state index in [1.165, 1.54) is 4.52 Å². The Labute approximate surface area is 196 Å². The number of furan rings is 1. The summed E-state index contributed by atoms with van der Waals surface area (Å²) in [6.07, 6.45) is 1.60. The first-order chi connectivity index (χ1) is 16.5. The number of primary amides is 1. The molecular formula is C23H27N9O2. The molecule has 0 atom stereocenters. The predicted molar refractivity (Wildman–Crippen MR) is 130 cm³/mol. The Bertz CT molecular complexity index is 1290. The zero-order valence-corrected chi connectivity index (χ0v) is 19.0. The number of hydrogen-bond acceptors (Lipinski definition) is 9. The van der Waals surface area contributed by atoms with Gasteiger partial charge in [0.15, 0.2) is 11.4 Å². The van der Waals surface area contributed by atoms with Gasteiger partial charge in [-0.15, -0.1) is 0 Å². The maximum Gasteiger partial charge on any atom is 0.248 e. The van der Waals surface area contributed by atoms with Crippen LogP contribution < -0.4 is 21.3 Å². The summed E-state index contributed by atoms with van der Waals surface area (Å²) in [5.41, 5.74) is 14.4. The summed E-state index contributed by atoms with van der Waals surface area (Å²) in [6, 6.07) is 13.0. The van der Waals surface area contributed by atoms with Crippen LogP contribution in [-0.2, 0) is 0 Å². The van der Waals surface area contributed by atoms with E-state index >= 15 is 0 Å². The number of carbonyl (C=O) groups is 1. The van der Waals surface area contributed by atoms with Crippen molar-refractivity contribution in [1.82, 2.24) is 24.5 Å². The number of nitrogen functional groups attached to an aromatic ring is 1. The molecule has 1 aliphatic heterocycles. The van der Waals surface area contributed by atoms with Crippen LogP contribution in [0.2, 0.25) is 0 Å². The van der Waals surface area contributed by atoms with Crippen molar-refractivity contribution < 1.29 is 9.21 Å². The zero-order chi connectivity index (χ0) is 23.7. The van der Waals surface area contributed by atoms with E-state index in [0.717, 1.165) is 45.0 Å². The number of likely N-dealkylation sites (N-methyl/N-ethyl adjacent to an activating group) is 1. The highest BCUT2D eigenvalue weighted by atomic mass is 16.3. The van der Waals surface area contributed by atoms with E-state index in [1.807, 2.05) is 48.3 Å². The third-order valence-electron chi connectivity index (χ3n) is 6.07. The Kier molecular flexibility index (Phi) is 5.76. The van der Waals surface area contributed by atoms with Crippen molar-refractivity contribution >= 4 is 29.1 Å². The Morgan fingerprint density at radius 2 is 1.94 bits per heavy atom. The van der Waals surface area contributed by atoms with Crippen molar-refractivity contribution in [3.8, 4) is 11.5 Å². The summed E-state index contributed by atoms with van der Waals surface area (Å²) in [7, 11) is 1.96. The number of amides is 1. The van der Waals surface area contributed by atoms with Crippen LogP contribution in [0.1, 0.15) is 10.4 Å². The molecule has 5 rings (SSSR count). The summed E-state index contributed by atoms with van der Waals surface area (Å²) in [6.45, 7) is 5.24. The van der Waals surface area contributed by atoms with Crippen molar-refractivity contribution in [2.75, 3.05) is 61.8 Å². The van der Waals surface area contributed by atoms with E-state index in [0.29, 0.717) is 28.6 Å². The number of anilines is 3. The molecule has 11 heteroatoms. The minimum atomic E-state index is -0.405. The van der Waals surface area contributed by atoms with Gasteiger partial charge in [-0.05, 0) is 30.3 Å². The van der Waals surface area contributed by atoms with Gasteiger partial charge in [0, 0.05) is 63.6 Å². The molecule has 4 N–H and O–H groups in total. The molecule has 4 aromatic rings. The Morgan fingerprint density at radius 1 is 1.12 bits per heavy atom. The highest BCUT2D eigenvalue weighted by Gasteiger charge is 2.19. The molecule has 1 aromatic carbocycles. The lowest BCUT2D eigenvalue weighted by molar-refractivity contribution is 0.100. The molecule has 4 heterocycles. The highest BCUT2D eigenvalue weighted by molar-refractivity contribution is 5.93. The second kappa shape index (κ2) is 9.02. The molecule has 0 aliphatic carbocycles. The van der Waals surface area contributed by atoms with Crippen molar-refractivity contribution in [3.63, 3.8) is 0 Å². The second-order valence-corrected chi connectivity index (χ2v) is 8.32. The van der Waals surface area contributed by atoms with Crippen molar-refractivity contribution in [3.05, 3.63) is 54.3 Å². The quantitative estimate of drug-likeness (QED) is 0.418. The molecule has 34 heavy (non-hydrogen) atoms. The van der Waals surface area contributed by atoms with E-state index in [4.69, 9.17) is 15.9 Å². The Hall–Kier alpha value is -4.12. The van der Waals surface area contributed by atoms with Crippen LogP contribution in [0.25, 0.3) is 17.1 Å². The third-order valence-corrected chi connectivity index (χ3v) is 6.07. The number of carbonyl (C=O) groups excluding carboxylic acids is 1. The van der Waals surface area contributed by atoms with Crippen LogP contribution in [-0.4, -0.2) is 76.7 Å². The normalized spacial score (nSPS) is 14.6. The SMILES string of the molecule is CN(CCN1CCN(c2cccc(C(N)=O)c2)CC1)c1nc(N)n2nc(-c3ccco3)cc2n1. The number of hydrogen-bond donors (Lipinski definition) is 2. The third kappa shape index (κ3) is 4.37. The second-order valence-electron chi connectivity index (χ2n) is 8.32. The molecule has 1 amide bonds. The number of fused-ring (bicyclic) bond motifs is 1. The van der Waals surface area contributed by atoms with Gasteiger partial charge in [-0.25, -0.2) is 0 Å². The Balaban J connectivity index is 1.19. The lowest BCUT2D eigenvalue weighted by Crippen LogP contribution is -2.48. The molecule has 1 aliphatic rings. The van der Waals surface area contributed by atoms with Gasteiger partial charge in [-0.1, -0.05) is 6.07 Å². The monoisotopic (exact) mass is 461 g/mol. The molecule has 0 unspecified atom stereocenters. The molecule has 0 saturated carbocycles. The van der Waals surface area contributed by atoms with Crippen LogP contribution >= 0.6 is 0 Å². The van der Waals surface area contributed by atoms with Crippen LogP contribution in [0.5, 0.6) is 0 Å². The molecule has 1 saturated heterocycles. The molecule has 176 valence electrons. The van der Waals surface area contributed by atoms with Gasteiger partial charge >= 0.3 is 0 Å². The molecule has 0 spiro atoms. The minimum Gasteiger partial charge on any atom is -0.463 e. The topological polar surface area (TPSA) is 135 Å². The highest BCUT2D eigenvalue weighted by Crippen LogP contribution is 2.22. The largest absolute Gasteiger partial charge is 0.463 e. The first-order valence-corrected chi connectivity index (χ1v) is 11.1. The van der Waals surface area contributed by atoms with E-state index < -0.39 is 5.91 Å². The van der Waals surface area contributed by atoms with Gasteiger partial charge in [0.25, 0.3) is 0 Å². The van der Waals surface area contributed by atoms with Gasteiger partial charge in [0.05, 0.1) is 6.26 Å². The zero-order valence-electron chi connectivity index (χ0n) is 19.0. The van der Waals surface area contributed by atoms with Crippen LogP contribution in [0.3, 0.4) is 0 Å². The summed E-state index contributed by atoms with van der Waals surface area (Å²) >= 11 is 0. The standard InChI is InChI=1S/C23H27N9O2/c1-29(23-26-20-15-18(19-6-3-13-34-19)28-32(20)22(25)27-23)7-8-30-9-11-31(12-10-30)17-5-2-4-16(14-17)21(24)33/h2-6,13-15H,7-12H2,1H3,(H2,24,33)(H2,25,26,27). The maximum absolute atomic E-state index is 11.5. The fourth-order valence-corrected chi connectivity index (χ4v) is 4.09. The van der Waals surface area contributed by atoms with Crippen LogP contribution in [0.4, 0.5) is 17.6 Å². The lowest BCUT2D eigenvalue weighted by atomic mass is 10.1. The molecule has 0 bridgehead atoms. The first kappa shape index (κ1) is 21.7. The van der Waals surface area contributed by atoms with Gasteiger partial charge in [-0.2, -0.15) is 19.6 Å². The van der Waals surface area contributed by atoms with Crippen molar-refractivity contribution in [1.29, 1.82) is 0 Å². The average molecular weight is 462 g/mol. The van der Waals surface area contributed by atoms with Crippen molar-refractivity contribution in [2.24, 2.45) is 5.73 Å². The van der Waals surface area contributed by atoms with E-state index in [2.05, 4.69) is 24.9 Å². The van der Waals surface area contributed by atoms with E-state index in [1.54, 1.807) is 12.3 Å². The van der Waals surface area contributed by atoms with Crippen molar-refractivity contribution in [2.45, 2.75) is 0 Å². The molecular weight excluding hydrogens is 434 g/mol. The molecule has 0 radical (unpaired) electrons. The number of piperazine rings is 1. The van der Waals surface area contributed by atoms with Gasteiger partial charge < -0.3 is 25.7 Å².